The zero-order chi connectivity index (χ0) is 12.9. The van der Waals surface area contributed by atoms with Gasteiger partial charge in [-0.3, -0.25) is 4.79 Å². The van der Waals surface area contributed by atoms with Crippen molar-refractivity contribution >= 4 is 5.97 Å². The molecular formula is C14H20O3. The molecule has 1 aromatic carbocycles. The van der Waals surface area contributed by atoms with Crippen LogP contribution in [0.3, 0.4) is 0 Å². The third kappa shape index (κ3) is 3.77. The molecule has 0 unspecified atom stereocenters. The van der Waals surface area contributed by atoms with Crippen LogP contribution < -0.4 is 0 Å². The van der Waals surface area contributed by atoms with Gasteiger partial charge >= 0.3 is 5.97 Å². The number of esters is 1. The van der Waals surface area contributed by atoms with E-state index in [1.807, 2.05) is 18.2 Å². The molecular weight excluding hydrogens is 216 g/mol. The Kier molecular flexibility index (Phi) is 4.55. The third-order valence-corrected chi connectivity index (χ3v) is 3.04. The van der Waals surface area contributed by atoms with Gasteiger partial charge in [0.2, 0.25) is 0 Å². The molecule has 0 amide bonds. The molecule has 1 rings (SSSR count). The Morgan fingerprint density at radius 2 is 2.00 bits per heavy atom. The number of ether oxygens (including phenoxy) is 1. The fourth-order valence-corrected chi connectivity index (χ4v) is 1.96. The second kappa shape index (κ2) is 5.71. The Morgan fingerprint density at radius 1 is 1.35 bits per heavy atom. The van der Waals surface area contributed by atoms with Gasteiger partial charge in [0.1, 0.15) is 5.75 Å². The largest absolute Gasteiger partial charge is 0.508 e. The van der Waals surface area contributed by atoms with Crippen LogP contribution in [0.15, 0.2) is 24.3 Å². The minimum atomic E-state index is -0.182. The third-order valence-electron chi connectivity index (χ3n) is 3.04. The Labute approximate surface area is 102 Å². The van der Waals surface area contributed by atoms with Crippen LogP contribution in [0.25, 0.3) is 0 Å². The summed E-state index contributed by atoms with van der Waals surface area (Å²) in [6.07, 6.45) is 2.02. The number of carbonyl (C=O) groups excluding carboxylic acids is 1. The summed E-state index contributed by atoms with van der Waals surface area (Å²) < 4.78 is 4.61. The van der Waals surface area contributed by atoms with Crippen molar-refractivity contribution in [2.45, 2.75) is 38.5 Å². The summed E-state index contributed by atoms with van der Waals surface area (Å²) >= 11 is 0. The fraction of sp³-hybridized carbons (Fsp3) is 0.500. The van der Waals surface area contributed by atoms with Crippen molar-refractivity contribution in [1.82, 2.24) is 0 Å². The van der Waals surface area contributed by atoms with Gasteiger partial charge in [-0.25, -0.2) is 0 Å². The number of para-hydroxylation sites is 1. The first kappa shape index (κ1) is 13.6. The molecule has 0 fully saturated rings. The Morgan fingerprint density at radius 3 is 2.59 bits per heavy atom. The Bertz CT molecular complexity index is 383. The number of benzene rings is 1. The average Bonchev–Trinajstić information content (AvgIpc) is 2.28. The van der Waals surface area contributed by atoms with Gasteiger partial charge in [0.25, 0.3) is 0 Å². The summed E-state index contributed by atoms with van der Waals surface area (Å²) in [6.45, 7) is 4.14. The molecule has 0 spiro atoms. The van der Waals surface area contributed by atoms with E-state index in [0.29, 0.717) is 12.2 Å². The van der Waals surface area contributed by atoms with Gasteiger partial charge in [0.05, 0.1) is 7.11 Å². The van der Waals surface area contributed by atoms with Gasteiger partial charge in [0, 0.05) is 6.42 Å². The molecule has 3 nitrogen and oxygen atoms in total. The van der Waals surface area contributed by atoms with E-state index in [1.54, 1.807) is 6.07 Å². The zero-order valence-electron chi connectivity index (χ0n) is 10.7. The van der Waals surface area contributed by atoms with Crippen LogP contribution in [0.4, 0.5) is 0 Å². The number of rotatable bonds is 5. The van der Waals surface area contributed by atoms with E-state index in [1.165, 1.54) is 7.11 Å². The molecule has 1 N–H and O–H groups in total. The molecule has 0 saturated heterocycles. The highest BCUT2D eigenvalue weighted by Crippen LogP contribution is 2.34. The molecule has 0 bridgehead atoms. The minimum Gasteiger partial charge on any atom is -0.508 e. The maximum absolute atomic E-state index is 11.0. The number of aromatic hydroxyl groups is 1. The van der Waals surface area contributed by atoms with Gasteiger partial charge in [0.15, 0.2) is 0 Å². The number of hydrogen-bond acceptors (Lipinski definition) is 3. The van der Waals surface area contributed by atoms with E-state index in [9.17, 15) is 9.90 Å². The molecule has 94 valence electrons. The highest BCUT2D eigenvalue weighted by atomic mass is 16.5. The van der Waals surface area contributed by atoms with Gasteiger partial charge in [-0.1, -0.05) is 32.0 Å². The van der Waals surface area contributed by atoms with Gasteiger partial charge in [-0.2, -0.15) is 0 Å². The molecule has 0 heterocycles. The van der Waals surface area contributed by atoms with Crippen molar-refractivity contribution in [2.75, 3.05) is 7.11 Å². The maximum Gasteiger partial charge on any atom is 0.305 e. The Balaban J connectivity index is 2.63. The molecule has 17 heavy (non-hydrogen) atoms. The fourth-order valence-electron chi connectivity index (χ4n) is 1.96. The van der Waals surface area contributed by atoms with Crippen LogP contribution in [0, 0.1) is 0 Å². The lowest BCUT2D eigenvalue weighted by molar-refractivity contribution is -0.140. The lowest BCUT2D eigenvalue weighted by Crippen LogP contribution is -2.17. The number of carbonyl (C=O) groups is 1. The zero-order valence-corrected chi connectivity index (χ0v) is 10.7. The normalized spacial score (nSPS) is 11.2. The number of methoxy groups -OCH3 is 1. The highest BCUT2D eigenvalue weighted by molar-refractivity contribution is 5.69. The van der Waals surface area contributed by atoms with E-state index in [0.717, 1.165) is 18.4 Å². The lowest BCUT2D eigenvalue weighted by Gasteiger charge is -2.25. The topological polar surface area (TPSA) is 46.5 Å². The molecule has 0 aliphatic rings. The number of hydrogen-bond donors (Lipinski definition) is 1. The van der Waals surface area contributed by atoms with Crippen molar-refractivity contribution in [2.24, 2.45) is 0 Å². The van der Waals surface area contributed by atoms with E-state index >= 15 is 0 Å². The van der Waals surface area contributed by atoms with E-state index in [4.69, 9.17) is 0 Å². The van der Waals surface area contributed by atoms with Crippen LogP contribution >= 0.6 is 0 Å². The number of phenolic OH excluding ortho intramolecular Hbond substituents is 1. The van der Waals surface area contributed by atoms with Crippen molar-refractivity contribution in [3.8, 4) is 5.75 Å². The second-order valence-corrected chi connectivity index (χ2v) is 4.83. The molecule has 0 saturated carbocycles. The number of phenols is 1. The first-order chi connectivity index (χ1) is 7.97. The minimum absolute atomic E-state index is 0.140. The molecule has 1 aromatic rings. The van der Waals surface area contributed by atoms with Crippen molar-refractivity contribution < 1.29 is 14.6 Å². The summed E-state index contributed by atoms with van der Waals surface area (Å²) in [6, 6.07) is 7.34. The molecule has 0 radical (unpaired) electrons. The van der Waals surface area contributed by atoms with Gasteiger partial charge in [-0.05, 0) is 29.9 Å². The smallest absolute Gasteiger partial charge is 0.305 e. The quantitative estimate of drug-likeness (QED) is 0.799. The van der Waals surface area contributed by atoms with Crippen LogP contribution in [0.5, 0.6) is 5.75 Å². The van der Waals surface area contributed by atoms with E-state index in [2.05, 4.69) is 18.6 Å². The second-order valence-electron chi connectivity index (χ2n) is 4.83. The lowest BCUT2D eigenvalue weighted by atomic mass is 9.79. The van der Waals surface area contributed by atoms with Crippen LogP contribution in [-0.4, -0.2) is 18.2 Å². The van der Waals surface area contributed by atoms with E-state index < -0.39 is 0 Å². The van der Waals surface area contributed by atoms with Crippen molar-refractivity contribution in [3.63, 3.8) is 0 Å². The molecule has 3 heteroatoms. The Hall–Kier alpha value is -1.51. The van der Waals surface area contributed by atoms with Gasteiger partial charge in [-0.15, -0.1) is 0 Å². The standard InChI is InChI=1S/C14H20O3/c1-14(2,10-6-9-13(16)17-3)11-7-4-5-8-12(11)15/h4-5,7-8,15H,6,9-10H2,1-3H3. The summed E-state index contributed by atoms with van der Waals surface area (Å²) in [4.78, 5) is 11.0. The maximum atomic E-state index is 11.0. The highest BCUT2D eigenvalue weighted by Gasteiger charge is 2.23. The summed E-state index contributed by atoms with van der Waals surface area (Å²) in [7, 11) is 1.40. The average molecular weight is 236 g/mol. The molecule has 0 aromatic heterocycles. The monoisotopic (exact) mass is 236 g/mol. The SMILES string of the molecule is COC(=O)CCCC(C)(C)c1ccccc1O. The van der Waals surface area contributed by atoms with Crippen LogP contribution in [-0.2, 0) is 14.9 Å². The van der Waals surface area contributed by atoms with E-state index in [-0.39, 0.29) is 11.4 Å². The first-order valence-electron chi connectivity index (χ1n) is 5.82. The summed E-state index contributed by atoms with van der Waals surface area (Å²) in [5.41, 5.74) is 0.782. The van der Waals surface area contributed by atoms with Crippen LogP contribution in [0.1, 0.15) is 38.7 Å². The van der Waals surface area contributed by atoms with Crippen LogP contribution in [0.2, 0.25) is 0 Å². The first-order valence-corrected chi connectivity index (χ1v) is 5.82. The van der Waals surface area contributed by atoms with Crippen molar-refractivity contribution in [3.05, 3.63) is 29.8 Å². The molecule has 0 atom stereocenters. The van der Waals surface area contributed by atoms with Crippen molar-refractivity contribution in [1.29, 1.82) is 0 Å². The molecule has 0 aliphatic carbocycles. The predicted molar refractivity (Wildman–Crippen MR) is 67.0 cm³/mol. The van der Waals surface area contributed by atoms with Gasteiger partial charge < -0.3 is 9.84 Å². The summed E-state index contributed by atoms with van der Waals surface area (Å²) in [5, 5.41) is 9.81. The summed E-state index contributed by atoms with van der Waals surface area (Å²) in [5.74, 6) is 0.133. The molecule has 0 aliphatic heterocycles. The predicted octanol–water partition coefficient (Wildman–Crippen LogP) is 3.01.